The molecule has 0 amide bonds. The van der Waals surface area contributed by atoms with E-state index in [2.05, 4.69) is 4.74 Å². The summed E-state index contributed by atoms with van der Waals surface area (Å²) in [5.74, 6) is 0. The van der Waals surface area contributed by atoms with Crippen molar-refractivity contribution in [2.24, 2.45) is 0 Å². The summed E-state index contributed by atoms with van der Waals surface area (Å²) in [6.07, 6.45) is -8.43. The zero-order valence-electron chi connectivity index (χ0n) is 7.86. The molecule has 2 N–H and O–H groups in total. The van der Waals surface area contributed by atoms with E-state index in [-0.39, 0.29) is 0 Å². The van der Waals surface area contributed by atoms with Crippen LogP contribution in [-0.2, 0) is 9.47 Å². The van der Waals surface area contributed by atoms with Crippen molar-refractivity contribution in [3.05, 3.63) is 11.6 Å². The van der Waals surface area contributed by atoms with Crippen LogP contribution in [0.2, 0.25) is 0 Å². The molecule has 0 fully saturated rings. The van der Waals surface area contributed by atoms with Crippen LogP contribution < -0.4 is 0 Å². The van der Waals surface area contributed by atoms with Crippen LogP contribution >= 0.6 is 0 Å². The lowest BCUT2D eigenvalue weighted by Gasteiger charge is -2.32. The fourth-order valence-electron chi connectivity index (χ4n) is 1.26. The molecular formula is C8H11F3O4. The van der Waals surface area contributed by atoms with Gasteiger partial charge in [0.15, 0.2) is 6.29 Å². The van der Waals surface area contributed by atoms with Gasteiger partial charge in [0.1, 0.15) is 12.2 Å². The van der Waals surface area contributed by atoms with Gasteiger partial charge < -0.3 is 19.7 Å². The number of hydrogen-bond donors (Lipinski definition) is 2. The molecule has 0 aromatic rings. The number of methoxy groups -OCH3 is 1. The van der Waals surface area contributed by atoms with Crippen LogP contribution in [0.15, 0.2) is 11.6 Å². The van der Waals surface area contributed by atoms with E-state index in [4.69, 9.17) is 9.84 Å². The van der Waals surface area contributed by atoms with E-state index in [0.717, 1.165) is 0 Å². The number of aliphatic hydroxyl groups is 2. The minimum atomic E-state index is -4.66. The average Bonchev–Trinajstić information content (AvgIpc) is 2.16. The Morgan fingerprint density at radius 3 is 2.53 bits per heavy atom. The van der Waals surface area contributed by atoms with Gasteiger partial charge in [0, 0.05) is 7.11 Å². The molecule has 0 aromatic carbocycles. The standard InChI is InChI=1S/C8H11F3O4/c1-14-6-2-4(8(9,10)11)7(13)5(3-12)15-6/h2,5-7,12-13H,3H2,1H3/t5-,6+,7+/m1/s1. The fourth-order valence-corrected chi connectivity index (χ4v) is 1.26. The maximum absolute atomic E-state index is 12.4. The van der Waals surface area contributed by atoms with Gasteiger partial charge in [-0.3, -0.25) is 0 Å². The number of aliphatic hydroxyl groups excluding tert-OH is 2. The summed E-state index contributed by atoms with van der Waals surface area (Å²) < 4.78 is 46.6. The molecule has 1 aliphatic heterocycles. The molecule has 88 valence electrons. The van der Waals surface area contributed by atoms with Crippen molar-refractivity contribution >= 4 is 0 Å². The highest BCUT2D eigenvalue weighted by molar-refractivity contribution is 5.19. The Bertz CT molecular complexity index is 251. The number of rotatable bonds is 2. The van der Waals surface area contributed by atoms with Crippen LogP contribution in [0.3, 0.4) is 0 Å². The summed E-state index contributed by atoms with van der Waals surface area (Å²) in [5, 5.41) is 18.0. The number of hydrogen-bond acceptors (Lipinski definition) is 4. The Morgan fingerprint density at radius 2 is 2.13 bits per heavy atom. The van der Waals surface area contributed by atoms with E-state index in [9.17, 15) is 18.3 Å². The first-order chi connectivity index (χ1) is 6.90. The Hall–Kier alpha value is -0.630. The summed E-state index contributed by atoms with van der Waals surface area (Å²) in [6, 6.07) is 0. The second-order valence-corrected chi connectivity index (χ2v) is 3.03. The first-order valence-electron chi connectivity index (χ1n) is 4.16. The van der Waals surface area contributed by atoms with E-state index >= 15 is 0 Å². The van der Waals surface area contributed by atoms with Crippen molar-refractivity contribution < 1.29 is 32.9 Å². The molecule has 0 saturated heterocycles. The Balaban J connectivity index is 2.95. The molecule has 0 spiro atoms. The fraction of sp³-hybridized carbons (Fsp3) is 0.750. The molecule has 0 aliphatic carbocycles. The van der Waals surface area contributed by atoms with Crippen LogP contribution in [0.5, 0.6) is 0 Å². The quantitative estimate of drug-likeness (QED) is 0.663. The van der Waals surface area contributed by atoms with Crippen molar-refractivity contribution in [3.8, 4) is 0 Å². The van der Waals surface area contributed by atoms with Gasteiger partial charge in [-0.05, 0) is 6.08 Å². The third kappa shape index (κ3) is 2.69. The Kier molecular flexibility index (Phi) is 3.72. The molecule has 3 atom stereocenters. The van der Waals surface area contributed by atoms with Crippen LogP contribution in [0, 0.1) is 0 Å². The van der Waals surface area contributed by atoms with Gasteiger partial charge in [0.05, 0.1) is 12.2 Å². The van der Waals surface area contributed by atoms with Gasteiger partial charge in [-0.2, -0.15) is 13.2 Å². The highest BCUT2D eigenvalue weighted by Gasteiger charge is 2.45. The van der Waals surface area contributed by atoms with Gasteiger partial charge in [-0.15, -0.1) is 0 Å². The summed E-state index contributed by atoms with van der Waals surface area (Å²) in [4.78, 5) is 0. The zero-order chi connectivity index (χ0) is 11.6. The monoisotopic (exact) mass is 228 g/mol. The van der Waals surface area contributed by atoms with Gasteiger partial charge >= 0.3 is 6.18 Å². The third-order valence-electron chi connectivity index (χ3n) is 2.03. The van der Waals surface area contributed by atoms with Crippen LogP contribution in [0.25, 0.3) is 0 Å². The van der Waals surface area contributed by atoms with Crippen molar-refractivity contribution in [2.75, 3.05) is 13.7 Å². The molecule has 4 nitrogen and oxygen atoms in total. The molecule has 1 aliphatic rings. The summed E-state index contributed by atoms with van der Waals surface area (Å²) in [6.45, 7) is -0.714. The molecular weight excluding hydrogens is 217 g/mol. The lowest BCUT2D eigenvalue weighted by atomic mass is 10.0. The third-order valence-corrected chi connectivity index (χ3v) is 2.03. The second-order valence-electron chi connectivity index (χ2n) is 3.03. The summed E-state index contributed by atoms with van der Waals surface area (Å²) in [5.41, 5.74) is -1.15. The van der Waals surface area contributed by atoms with Crippen LogP contribution in [0.1, 0.15) is 0 Å². The molecule has 1 rings (SSSR count). The number of alkyl halides is 3. The van der Waals surface area contributed by atoms with Gasteiger partial charge in [-0.1, -0.05) is 0 Å². The van der Waals surface area contributed by atoms with Crippen molar-refractivity contribution in [3.63, 3.8) is 0 Å². The molecule has 0 aromatic heterocycles. The largest absolute Gasteiger partial charge is 0.415 e. The van der Waals surface area contributed by atoms with Gasteiger partial charge in [0.25, 0.3) is 0 Å². The molecule has 7 heteroatoms. The van der Waals surface area contributed by atoms with E-state index in [0.29, 0.717) is 6.08 Å². The highest BCUT2D eigenvalue weighted by atomic mass is 19.4. The van der Waals surface area contributed by atoms with Gasteiger partial charge in [0.2, 0.25) is 0 Å². The molecule has 0 saturated carbocycles. The van der Waals surface area contributed by atoms with E-state index < -0.39 is 36.9 Å². The maximum atomic E-state index is 12.4. The van der Waals surface area contributed by atoms with E-state index in [1.54, 1.807) is 0 Å². The summed E-state index contributed by atoms with van der Waals surface area (Å²) in [7, 11) is 1.17. The first-order valence-corrected chi connectivity index (χ1v) is 4.16. The predicted octanol–water partition coefficient (Wildman–Crippen LogP) is 0.200. The molecule has 15 heavy (non-hydrogen) atoms. The average molecular weight is 228 g/mol. The van der Waals surface area contributed by atoms with Crippen molar-refractivity contribution in [1.82, 2.24) is 0 Å². The second kappa shape index (κ2) is 4.48. The van der Waals surface area contributed by atoms with Crippen molar-refractivity contribution in [2.45, 2.75) is 24.7 Å². The first kappa shape index (κ1) is 12.4. The molecule has 1 heterocycles. The minimum absolute atomic E-state index is 0.650. The Morgan fingerprint density at radius 1 is 1.53 bits per heavy atom. The van der Waals surface area contributed by atoms with Crippen LogP contribution in [-0.4, -0.2) is 48.6 Å². The highest BCUT2D eigenvalue weighted by Crippen LogP contribution is 2.33. The van der Waals surface area contributed by atoms with Crippen LogP contribution in [0.4, 0.5) is 13.2 Å². The van der Waals surface area contributed by atoms with Gasteiger partial charge in [-0.25, -0.2) is 0 Å². The number of ether oxygens (including phenoxy) is 2. The predicted molar refractivity (Wildman–Crippen MR) is 42.9 cm³/mol. The lowest BCUT2D eigenvalue weighted by molar-refractivity contribution is -0.191. The Labute approximate surface area is 83.9 Å². The minimum Gasteiger partial charge on any atom is -0.394 e. The smallest absolute Gasteiger partial charge is 0.394 e. The molecule has 0 unspecified atom stereocenters. The molecule has 0 bridgehead atoms. The molecule has 0 radical (unpaired) electrons. The maximum Gasteiger partial charge on any atom is 0.415 e. The summed E-state index contributed by atoms with van der Waals surface area (Å²) >= 11 is 0. The lowest BCUT2D eigenvalue weighted by Crippen LogP contribution is -2.45. The normalized spacial score (nSPS) is 32.7. The van der Waals surface area contributed by atoms with Crippen molar-refractivity contribution in [1.29, 1.82) is 0 Å². The van der Waals surface area contributed by atoms with E-state index in [1.807, 2.05) is 0 Å². The SMILES string of the molecule is CO[C@@H]1C=C(C(F)(F)F)[C@H](O)[C@@H](CO)O1. The zero-order valence-corrected chi connectivity index (χ0v) is 7.86. The van der Waals surface area contributed by atoms with E-state index in [1.165, 1.54) is 7.11 Å². The topological polar surface area (TPSA) is 58.9 Å². The number of halogens is 3.